The molecule has 0 aromatic heterocycles. The molecule has 1 aliphatic rings. The lowest BCUT2D eigenvalue weighted by Gasteiger charge is -2.32. The smallest absolute Gasteiger partial charge is 0.328 e. The van der Waals surface area contributed by atoms with Crippen LogP contribution in [0.5, 0.6) is 0 Å². The van der Waals surface area contributed by atoms with Gasteiger partial charge < -0.3 is 14.7 Å². The molecular formula is C9H15NO6S. The van der Waals surface area contributed by atoms with E-state index < -0.39 is 27.8 Å². The van der Waals surface area contributed by atoms with E-state index in [1.807, 2.05) is 0 Å². The number of aliphatic carboxylic acids is 1. The summed E-state index contributed by atoms with van der Waals surface area (Å²) in [7, 11) is -3.22. The lowest BCUT2D eigenvalue weighted by molar-refractivity contribution is -0.158. The first-order chi connectivity index (χ1) is 7.81. The van der Waals surface area contributed by atoms with E-state index in [4.69, 9.17) is 9.84 Å². The molecule has 98 valence electrons. The Morgan fingerprint density at radius 2 is 2.12 bits per heavy atom. The number of rotatable bonds is 4. The van der Waals surface area contributed by atoms with Crippen molar-refractivity contribution in [1.29, 1.82) is 0 Å². The summed E-state index contributed by atoms with van der Waals surface area (Å²) in [6.45, 7) is 0.397. The van der Waals surface area contributed by atoms with E-state index in [0.29, 0.717) is 0 Å². The normalized spacial score (nSPS) is 21.2. The van der Waals surface area contributed by atoms with Gasteiger partial charge in [0.2, 0.25) is 5.91 Å². The van der Waals surface area contributed by atoms with Crippen LogP contribution in [0.2, 0.25) is 0 Å². The SMILES string of the molecule is CS(=O)(=O)CCC(=O)N1CCOCC1C(=O)O. The second kappa shape index (κ2) is 5.46. The summed E-state index contributed by atoms with van der Waals surface area (Å²) in [5.74, 6) is -1.88. The number of morpholine rings is 1. The van der Waals surface area contributed by atoms with Crippen molar-refractivity contribution in [2.24, 2.45) is 0 Å². The zero-order chi connectivity index (χ0) is 13.1. The van der Waals surface area contributed by atoms with E-state index >= 15 is 0 Å². The van der Waals surface area contributed by atoms with Gasteiger partial charge in [-0.05, 0) is 0 Å². The molecule has 0 aliphatic carbocycles. The lowest BCUT2D eigenvalue weighted by Crippen LogP contribution is -2.52. The first-order valence-corrected chi connectivity index (χ1v) is 7.15. The number of nitrogens with zero attached hydrogens (tertiary/aromatic N) is 1. The van der Waals surface area contributed by atoms with Crippen LogP contribution >= 0.6 is 0 Å². The molecule has 1 fully saturated rings. The van der Waals surface area contributed by atoms with Crippen LogP contribution < -0.4 is 0 Å². The molecule has 7 nitrogen and oxygen atoms in total. The Hall–Kier alpha value is -1.15. The predicted octanol–water partition coefficient (Wildman–Crippen LogP) is -1.27. The van der Waals surface area contributed by atoms with Crippen LogP contribution in [0.1, 0.15) is 6.42 Å². The third-order valence-corrected chi connectivity index (χ3v) is 3.37. The lowest BCUT2D eigenvalue weighted by atomic mass is 10.2. The minimum atomic E-state index is -3.22. The minimum Gasteiger partial charge on any atom is -0.480 e. The molecule has 1 heterocycles. The summed E-state index contributed by atoms with van der Waals surface area (Å²) in [4.78, 5) is 23.7. The predicted molar refractivity (Wildman–Crippen MR) is 58.3 cm³/mol. The highest BCUT2D eigenvalue weighted by atomic mass is 32.2. The number of hydrogen-bond acceptors (Lipinski definition) is 5. The fraction of sp³-hybridized carbons (Fsp3) is 0.778. The maximum absolute atomic E-state index is 11.7. The Morgan fingerprint density at radius 3 is 2.65 bits per heavy atom. The zero-order valence-electron chi connectivity index (χ0n) is 9.46. The highest BCUT2D eigenvalue weighted by molar-refractivity contribution is 7.90. The third kappa shape index (κ3) is 4.31. The summed E-state index contributed by atoms with van der Waals surface area (Å²) >= 11 is 0. The van der Waals surface area contributed by atoms with Crippen LogP contribution in [0, 0.1) is 0 Å². The fourth-order valence-corrected chi connectivity index (χ4v) is 2.07. The van der Waals surface area contributed by atoms with Gasteiger partial charge >= 0.3 is 5.97 Å². The van der Waals surface area contributed by atoms with Gasteiger partial charge in [-0.2, -0.15) is 0 Å². The largest absolute Gasteiger partial charge is 0.480 e. The summed E-state index contributed by atoms with van der Waals surface area (Å²) in [5, 5.41) is 8.89. The quantitative estimate of drug-likeness (QED) is 0.680. The van der Waals surface area contributed by atoms with E-state index in [2.05, 4.69) is 0 Å². The molecule has 1 saturated heterocycles. The Kier molecular flexibility index (Phi) is 4.47. The molecule has 0 aromatic rings. The number of carbonyl (C=O) groups is 2. The van der Waals surface area contributed by atoms with Gasteiger partial charge in [0.15, 0.2) is 6.04 Å². The molecule has 1 unspecified atom stereocenters. The topological polar surface area (TPSA) is 101 Å². The van der Waals surface area contributed by atoms with Gasteiger partial charge in [0.1, 0.15) is 9.84 Å². The van der Waals surface area contributed by atoms with E-state index in [9.17, 15) is 18.0 Å². The average molecular weight is 265 g/mol. The van der Waals surface area contributed by atoms with Gasteiger partial charge in [-0.25, -0.2) is 13.2 Å². The van der Waals surface area contributed by atoms with Gasteiger partial charge in [0.25, 0.3) is 0 Å². The highest BCUT2D eigenvalue weighted by Gasteiger charge is 2.32. The standard InChI is InChI=1S/C9H15NO6S/c1-17(14,15)5-2-8(11)10-3-4-16-6-7(10)9(12)13/h7H,2-6H2,1H3,(H,12,13). The number of sulfone groups is 1. The van der Waals surface area contributed by atoms with Crippen molar-refractivity contribution in [2.75, 3.05) is 31.8 Å². The number of hydrogen-bond donors (Lipinski definition) is 1. The number of carbonyl (C=O) groups excluding carboxylic acids is 1. The van der Waals surface area contributed by atoms with E-state index in [1.54, 1.807) is 0 Å². The van der Waals surface area contributed by atoms with Crippen LogP contribution in [0.4, 0.5) is 0 Å². The van der Waals surface area contributed by atoms with Crippen LogP contribution in [0.15, 0.2) is 0 Å². The third-order valence-electron chi connectivity index (χ3n) is 2.42. The van der Waals surface area contributed by atoms with Crippen LogP contribution in [-0.4, -0.2) is 68.1 Å². The number of carboxylic acids is 1. The van der Waals surface area contributed by atoms with Crippen LogP contribution in [-0.2, 0) is 24.2 Å². The van der Waals surface area contributed by atoms with Crippen molar-refractivity contribution in [2.45, 2.75) is 12.5 Å². The van der Waals surface area contributed by atoms with Gasteiger partial charge in [-0.1, -0.05) is 0 Å². The van der Waals surface area contributed by atoms with Crippen molar-refractivity contribution in [1.82, 2.24) is 4.90 Å². The second-order valence-electron chi connectivity index (χ2n) is 3.90. The molecule has 1 rings (SSSR count). The minimum absolute atomic E-state index is 0.0556. The summed E-state index contributed by atoms with van der Waals surface area (Å²) < 4.78 is 26.8. The Morgan fingerprint density at radius 1 is 1.47 bits per heavy atom. The summed E-state index contributed by atoms with van der Waals surface area (Å²) in [6, 6.07) is -1.02. The maximum atomic E-state index is 11.7. The van der Waals surface area contributed by atoms with Crippen molar-refractivity contribution < 1.29 is 27.9 Å². The molecule has 0 spiro atoms. The molecule has 0 bridgehead atoms. The molecule has 0 saturated carbocycles. The fourth-order valence-electron chi connectivity index (χ4n) is 1.52. The second-order valence-corrected chi connectivity index (χ2v) is 6.16. The average Bonchev–Trinajstić information content (AvgIpc) is 2.25. The van der Waals surface area contributed by atoms with Crippen molar-refractivity contribution >= 4 is 21.7 Å². The van der Waals surface area contributed by atoms with Gasteiger partial charge in [0, 0.05) is 19.2 Å². The van der Waals surface area contributed by atoms with Gasteiger partial charge in [-0.15, -0.1) is 0 Å². The molecule has 17 heavy (non-hydrogen) atoms. The van der Waals surface area contributed by atoms with Crippen molar-refractivity contribution in [3.05, 3.63) is 0 Å². The van der Waals surface area contributed by atoms with Crippen molar-refractivity contribution in [3.8, 4) is 0 Å². The van der Waals surface area contributed by atoms with Gasteiger partial charge in [0.05, 0.1) is 19.0 Å². The van der Waals surface area contributed by atoms with Crippen molar-refractivity contribution in [3.63, 3.8) is 0 Å². The maximum Gasteiger partial charge on any atom is 0.328 e. The summed E-state index contributed by atoms with van der Waals surface area (Å²) in [5.41, 5.74) is 0. The van der Waals surface area contributed by atoms with E-state index in [-0.39, 0.29) is 31.9 Å². The Balaban J connectivity index is 2.62. The first-order valence-electron chi connectivity index (χ1n) is 5.09. The molecule has 1 aliphatic heterocycles. The van der Waals surface area contributed by atoms with Crippen LogP contribution in [0.25, 0.3) is 0 Å². The molecule has 1 amide bonds. The van der Waals surface area contributed by atoms with Crippen LogP contribution in [0.3, 0.4) is 0 Å². The Bertz CT molecular complexity index is 404. The molecule has 1 atom stereocenters. The van der Waals surface area contributed by atoms with E-state index in [0.717, 1.165) is 11.2 Å². The monoisotopic (exact) mass is 265 g/mol. The number of carboxylic acid groups (broad SMARTS) is 1. The summed E-state index contributed by atoms with van der Waals surface area (Å²) in [6.07, 6.45) is 0.844. The zero-order valence-corrected chi connectivity index (χ0v) is 10.3. The first kappa shape index (κ1) is 13.9. The molecule has 1 N–H and O–H groups in total. The Labute approximate surface area is 99.3 Å². The van der Waals surface area contributed by atoms with Gasteiger partial charge in [-0.3, -0.25) is 4.79 Å². The molecular weight excluding hydrogens is 250 g/mol. The highest BCUT2D eigenvalue weighted by Crippen LogP contribution is 2.09. The molecule has 8 heteroatoms. The molecule has 0 radical (unpaired) electrons. The number of amides is 1. The van der Waals surface area contributed by atoms with E-state index in [1.165, 1.54) is 0 Å². The molecule has 0 aromatic carbocycles. The number of ether oxygens (including phenoxy) is 1.